The molecule has 0 aliphatic heterocycles. The summed E-state index contributed by atoms with van der Waals surface area (Å²) in [5, 5.41) is 2.49. The number of carbonyl (C=O) groups is 2. The molecule has 5 heteroatoms. The number of Topliss-reactive ketones (excluding diaryl/α,β-unsaturated/α-hetero) is 1. The van der Waals surface area contributed by atoms with Gasteiger partial charge in [0.05, 0.1) is 12.6 Å². The lowest BCUT2D eigenvalue weighted by molar-refractivity contribution is -0.125. The average molecular weight is 384 g/mol. The third kappa shape index (κ3) is 26.6. The zero-order valence-corrected chi connectivity index (χ0v) is 19.0. The zero-order chi connectivity index (χ0) is 22.1. The van der Waals surface area contributed by atoms with Crippen molar-refractivity contribution < 1.29 is 9.59 Å². The first-order valence-electron chi connectivity index (χ1n) is 10.3. The normalized spacial score (nSPS) is 9.26. The molecule has 1 rings (SSSR count). The number of unbranched alkanes of at least 4 members (excludes halogenated alkanes) is 1. The minimum atomic E-state index is -0.609. The van der Waals surface area contributed by atoms with Gasteiger partial charge in [-0.25, -0.2) is 0 Å². The van der Waals surface area contributed by atoms with Crippen LogP contribution in [-0.2, 0) is 16.0 Å². The highest BCUT2D eigenvalue weighted by Gasteiger charge is 2.13. The van der Waals surface area contributed by atoms with E-state index in [9.17, 15) is 9.59 Å². The lowest BCUT2D eigenvalue weighted by atomic mass is 10.1. The van der Waals surface area contributed by atoms with Gasteiger partial charge in [-0.1, -0.05) is 85.2 Å². The summed E-state index contributed by atoms with van der Waals surface area (Å²) in [5.41, 5.74) is 11.9. The molecule has 27 heavy (non-hydrogen) atoms. The van der Waals surface area contributed by atoms with Gasteiger partial charge < -0.3 is 16.8 Å². The molecule has 0 saturated carbocycles. The van der Waals surface area contributed by atoms with Gasteiger partial charge in [0, 0.05) is 0 Å². The summed E-state index contributed by atoms with van der Waals surface area (Å²) in [4.78, 5) is 22.1. The monoisotopic (exact) mass is 383 g/mol. The maximum atomic E-state index is 11.5. The molecule has 0 heterocycles. The quantitative estimate of drug-likeness (QED) is 0.660. The molecule has 1 amide bonds. The van der Waals surface area contributed by atoms with Gasteiger partial charge in [-0.15, -0.1) is 0 Å². The minimum Gasteiger partial charge on any atom is -0.348 e. The number of rotatable bonds is 7. The molecule has 160 valence electrons. The molecule has 0 spiro atoms. The summed E-state index contributed by atoms with van der Waals surface area (Å²) < 4.78 is 0. The van der Waals surface area contributed by atoms with Crippen LogP contribution in [0.4, 0.5) is 0 Å². The maximum absolute atomic E-state index is 11.5. The number of nitrogens with two attached hydrogens (primary N) is 2. The van der Waals surface area contributed by atoms with Crippen LogP contribution in [0.2, 0.25) is 0 Å². The van der Waals surface area contributed by atoms with Gasteiger partial charge in [-0.3, -0.25) is 9.59 Å². The smallest absolute Gasteiger partial charge is 0.237 e. The lowest BCUT2D eigenvalue weighted by Gasteiger charge is -2.11. The molecule has 1 atom stereocenters. The number of ketones is 1. The second-order valence-corrected chi connectivity index (χ2v) is 4.86. The number of hydrogen-bond donors (Lipinski definition) is 3. The second-order valence-electron chi connectivity index (χ2n) is 4.86. The van der Waals surface area contributed by atoms with Crippen molar-refractivity contribution in [1.29, 1.82) is 0 Å². The third-order valence-electron chi connectivity index (χ3n) is 2.70. The number of amides is 1. The third-order valence-corrected chi connectivity index (χ3v) is 2.70. The Labute approximate surface area is 168 Å². The Morgan fingerprint density at radius 3 is 1.81 bits per heavy atom. The van der Waals surface area contributed by atoms with E-state index in [1.54, 1.807) is 0 Å². The van der Waals surface area contributed by atoms with E-state index in [0.717, 1.165) is 12.1 Å². The van der Waals surface area contributed by atoms with Crippen molar-refractivity contribution in [2.45, 2.75) is 80.7 Å². The minimum absolute atomic E-state index is 0.0430. The molecular formula is C22H45N3O2. The molecule has 5 N–H and O–H groups in total. The van der Waals surface area contributed by atoms with Gasteiger partial charge in [-0.05, 0) is 31.9 Å². The van der Waals surface area contributed by atoms with Crippen molar-refractivity contribution in [3.63, 3.8) is 0 Å². The molecule has 5 nitrogen and oxygen atoms in total. The fourth-order valence-corrected chi connectivity index (χ4v) is 1.51. The predicted octanol–water partition coefficient (Wildman–Crippen LogP) is 4.09. The fourth-order valence-electron chi connectivity index (χ4n) is 1.51. The number of nitrogens with one attached hydrogen (secondary N) is 1. The van der Waals surface area contributed by atoms with Crippen LogP contribution in [0.1, 0.15) is 73.8 Å². The molecule has 1 aromatic carbocycles. The first-order valence-corrected chi connectivity index (χ1v) is 10.3. The van der Waals surface area contributed by atoms with Crippen LogP contribution in [0.15, 0.2) is 30.3 Å². The summed E-state index contributed by atoms with van der Waals surface area (Å²) in [5.74, 6) is -0.376. The second kappa shape index (κ2) is 29.1. The van der Waals surface area contributed by atoms with Gasteiger partial charge >= 0.3 is 0 Å². The molecule has 0 aliphatic rings. The van der Waals surface area contributed by atoms with Crippen LogP contribution >= 0.6 is 0 Å². The largest absolute Gasteiger partial charge is 0.348 e. The van der Waals surface area contributed by atoms with Crippen molar-refractivity contribution in [3.8, 4) is 0 Å². The Morgan fingerprint density at radius 2 is 1.48 bits per heavy atom. The first-order chi connectivity index (χ1) is 13.0. The Balaban J connectivity index is -0.000000202. The predicted molar refractivity (Wildman–Crippen MR) is 120 cm³/mol. The first kappa shape index (κ1) is 32.9. The van der Waals surface area contributed by atoms with Gasteiger partial charge in [-0.2, -0.15) is 0 Å². The SMILES string of the molecule is CC.CC.CC.CC(=O)CNC(=O)[C@@H](N)Cc1ccccc1.CCCCN. The highest BCUT2D eigenvalue weighted by atomic mass is 16.2. The van der Waals surface area contributed by atoms with Crippen molar-refractivity contribution in [1.82, 2.24) is 5.32 Å². The van der Waals surface area contributed by atoms with Gasteiger partial charge in [0.15, 0.2) is 0 Å². The van der Waals surface area contributed by atoms with Crippen molar-refractivity contribution >= 4 is 11.7 Å². The van der Waals surface area contributed by atoms with Gasteiger partial charge in [0.25, 0.3) is 0 Å². The highest BCUT2D eigenvalue weighted by Crippen LogP contribution is 2.01. The van der Waals surface area contributed by atoms with E-state index in [1.807, 2.05) is 71.9 Å². The van der Waals surface area contributed by atoms with Gasteiger partial charge in [0.1, 0.15) is 5.78 Å². The summed E-state index contributed by atoms with van der Waals surface area (Å²) in [7, 11) is 0. The van der Waals surface area contributed by atoms with Crippen molar-refractivity contribution in [3.05, 3.63) is 35.9 Å². The molecule has 0 radical (unpaired) electrons. The Morgan fingerprint density at radius 1 is 1.00 bits per heavy atom. The van der Waals surface area contributed by atoms with Crippen LogP contribution in [0.25, 0.3) is 0 Å². The van der Waals surface area contributed by atoms with Crippen LogP contribution in [0.5, 0.6) is 0 Å². The van der Waals surface area contributed by atoms with Crippen LogP contribution in [0.3, 0.4) is 0 Å². The van der Waals surface area contributed by atoms with Crippen LogP contribution in [0, 0.1) is 0 Å². The van der Waals surface area contributed by atoms with Crippen LogP contribution in [-0.4, -0.2) is 30.8 Å². The summed E-state index contributed by atoms with van der Waals surface area (Å²) in [6, 6.07) is 8.92. The lowest BCUT2D eigenvalue weighted by Crippen LogP contribution is -2.43. The molecular weight excluding hydrogens is 338 g/mol. The van der Waals surface area contributed by atoms with Crippen molar-refractivity contribution in [2.24, 2.45) is 11.5 Å². The summed E-state index contributed by atoms with van der Waals surface area (Å²) in [6.07, 6.45) is 2.86. The van der Waals surface area contributed by atoms with E-state index >= 15 is 0 Å². The molecule has 0 saturated heterocycles. The topological polar surface area (TPSA) is 98.2 Å². The standard InChI is InChI=1S/C12H16N2O2.C4H11N.3C2H6/c1-9(15)8-14-12(16)11(13)7-10-5-3-2-4-6-10;1-2-3-4-5;3*1-2/h2-6,11H,7-8,13H2,1H3,(H,14,16);2-5H2,1H3;3*1-2H3/t11-;;;;/m0..../s1. The maximum Gasteiger partial charge on any atom is 0.237 e. The summed E-state index contributed by atoms with van der Waals surface area (Å²) >= 11 is 0. The van der Waals surface area contributed by atoms with E-state index < -0.39 is 6.04 Å². The van der Waals surface area contributed by atoms with Crippen LogP contribution < -0.4 is 16.8 Å². The van der Waals surface area contributed by atoms with E-state index in [4.69, 9.17) is 11.5 Å². The molecule has 0 unspecified atom stereocenters. The van der Waals surface area contributed by atoms with E-state index in [1.165, 1.54) is 19.8 Å². The van der Waals surface area contributed by atoms with E-state index in [-0.39, 0.29) is 18.2 Å². The summed E-state index contributed by atoms with van der Waals surface area (Å²) in [6.45, 7) is 16.4. The number of carbonyl (C=O) groups excluding carboxylic acids is 2. The number of hydrogen-bond acceptors (Lipinski definition) is 4. The molecule has 0 aromatic heterocycles. The molecule has 1 aromatic rings. The Kier molecular flexibility index (Phi) is 35.4. The molecule has 0 aliphatic carbocycles. The highest BCUT2D eigenvalue weighted by molar-refractivity contribution is 5.87. The Bertz CT molecular complexity index is 407. The molecule has 0 bridgehead atoms. The zero-order valence-electron chi connectivity index (χ0n) is 19.0. The average Bonchev–Trinajstić information content (AvgIpc) is 2.72. The van der Waals surface area contributed by atoms with E-state index in [2.05, 4.69) is 12.2 Å². The van der Waals surface area contributed by atoms with E-state index in [0.29, 0.717) is 6.42 Å². The number of benzene rings is 1. The van der Waals surface area contributed by atoms with Gasteiger partial charge in [0.2, 0.25) is 5.91 Å². The Hall–Kier alpha value is -1.72. The molecule has 0 fully saturated rings. The fraction of sp³-hybridized carbons (Fsp3) is 0.636. The van der Waals surface area contributed by atoms with Crippen molar-refractivity contribution in [2.75, 3.05) is 13.1 Å².